The van der Waals surface area contributed by atoms with Gasteiger partial charge >= 0.3 is 0 Å². The molecule has 82 valence electrons. The summed E-state index contributed by atoms with van der Waals surface area (Å²) in [5.74, 6) is -0.289. The van der Waals surface area contributed by atoms with Crippen molar-refractivity contribution in [2.75, 3.05) is 0 Å². The average Bonchev–Trinajstić information content (AvgIpc) is 2.08. The Bertz CT molecular complexity index is 408. The van der Waals surface area contributed by atoms with E-state index >= 15 is 0 Å². The zero-order valence-electron chi connectivity index (χ0n) is 8.77. The van der Waals surface area contributed by atoms with Crippen LogP contribution in [0.2, 0.25) is 5.02 Å². The molecule has 1 aromatic carbocycles. The fourth-order valence-electron chi connectivity index (χ4n) is 1.14. The first kappa shape index (κ1) is 12.5. The number of carbonyl (C=O) groups is 1. The normalized spacial score (nSPS) is 11.5. The lowest BCUT2D eigenvalue weighted by atomic mass is 9.86. The molecule has 0 aliphatic rings. The van der Waals surface area contributed by atoms with Gasteiger partial charge in [-0.2, -0.15) is 0 Å². The SMILES string of the molecule is CC(C)(C)C(=O)c1cc(Br)cc(Cl)c1O. The summed E-state index contributed by atoms with van der Waals surface area (Å²) in [7, 11) is 0. The monoisotopic (exact) mass is 290 g/mol. The molecule has 0 saturated heterocycles. The van der Waals surface area contributed by atoms with Crippen molar-refractivity contribution in [3.63, 3.8) is 0 Å². The van der Waals surface area contributed by atoms with E-state index in [1.807, 2.05) is 0 Å². The smallest absolute Gasteiger partial charge is 0.171 e. The Labute approximate surface area is 102 Å². The first-order valence-corrected chi connectivity index (χ1v) is 5.63. The first-order chi connectivity index (χ1) is 6.73. The van der Waals surface area contributed by atoms with Crippen LogP contribution >= 0.6 is 27.5 Å². The number of phenols is 1. The molecule has 1 aromatic rings. The molecule has 0 aliphatic carbocycles. The van der Waals surface area contributed by atoms with E-state index in [1.54, 1.807) is 32.9 Å². The minimum absolute atomic E-state index is 0.136. The fraction of sp³-hybridized carbons (Fsp3) is 0.364. The molecular weight excluding hydrogens is 279 g/mol. The van der Waals surface area contributed by atoms with Crippen LogP contribution in [0.3, 0.4) is 0 Å². The predicted molar refractivity (Wildman–Crippen MR) is 64.6 cm³/mol. The molecule has 0 unspecified atom stereocenters. The lowest BCUT2D eigenvalue weighted by Gasteiger charge is -2.17. The Morgan fingerprint density at radius 2 is 1.93 bits per heavy atom. The maximum Gasteiger partial charge on any atom is 0.171 e. The van der Waals surface area contributed by atoms with E-state index in [0.717, 1.165) is 0 Å². The van der Waals surface area contributed by atoms with Gasteiger partial charge in [0.25, 0.3) is 0 Å². The van der Waals surface area contributed by atoms with Gasteiger partial charge in [0.15, 0.2) is 5.78 Å². The van der Waals surface area contributed by atoms with Gasteiger partial charge < -0.3 is 5.11 Å². The van der Waals surface area contributed by atoms with E-state index < -0.39 is 5.41 Å². The summed E-state index contributed by atoms with van der Waals surface area (Å²) in [4.78, 5) is 12.0. The zero-order valence-corrected chi connectivity index (χ0v) is 11.1. The second-order valence-corrected chi connectivity index (χ2v) is 5.69. The second kappa shape index (κ2) is 4.14. The number of ketones is 1. The maximum atomic E-state index is 12.0. The quantitative estimate of drug-likeness (QED) is 0.793. The molecule has 15 heavy (non-hydrogen) atoms. The minimum Gasteiger partial charge on any atom is -0.506 e. The largest absolute Gasteiger partial charge is 0.506 e. The molecule has 0 atom stereocenters. The minimum atomic E-state index is -0.540. The van der Waals surface area contributed by atoms with E-state index in [1.165, 1.54) is 0 Å². The molecule has 0 saturated carbocycles. The zero-order chi connectivity index (χ0) is 11.8. The Kier molecular flexibility index (Phi) is 3.46. The summed E-state index contributed by atoms with van der Waals surface area (Å²) in [6, 6.07) is 3.13. The van der Waals surface area contributed by atoms with Gasteiger partial charge in [0.2, 0.25) is 0 Å². The molecule has 0 aromatic heterocycles. The highest BCUT2D eigenvalue weighted by molar-refractivity contribution is 9.10. The predicted octanol–water partition coefficient (Wildman–Crippen LogP) is 4.04. The van der Waals surface area contributed by atoms with Gasteiger partial charge in [-0.1, -0.05) is 48.3 Å². The highest BCUT2D eigenvalue weighted by atomic mass is 79.9. The van der Waals surface area contributed by atoms with Gasteiger partial charge in [-0.15, -0.1) is 0 Å². The number of hydrogen-bond acceptors (Lipinski definition) is 2. The van der Waals surface area contributed by atoms with Crippen LogP contribution in [0, 0.1) is 5.41 Å². The Morgan fingerprint density at radius 1 is 1.40 bits per heavy atom. The molecule has 0 spiro atoms. The Morgan fingerprint density at radius 3 is 2.40 bits per heavy atom. The maximum absolute atomic E-state index is 12.0. The summed E-state index contributed by atoms with van der Waals surface area (Å²) >= 11 is 9.02. The molecule has 0 aliphatic heterocycles. The van der Waals surface area contributed by atoms with Crippen LogP contribution in [0.15, 0.2) is 16.6 Å². The van der Waals surface area contributed by atoms with E-state index in [2.05, 4.69) is 15.9 Å². The van der Waals surface area contributed by atoms with Crippen LogP contribution in [0.1, 0.15) is 31.1 Å². The molecule has 1 N–H and O–H groups in total. The number of rotatable bonds is 1. The number of benzene rings is 1. The van der Waals surface area contributed by atoms with Gasteiger partial charge in [-0.05, 0) is 12.1 Å². The van der Waals surface area contributed by atoms with Crippen LogP contribution in [0.4, 0.5) is 0 Å². The van der Waals surface area contributed by atoms with Gasteiger partial charge in [0.1, 0.15) is 5.75 Å². The van der Waals surface area contributed by atoms with Crippen molar-refractivity contribution in [3.05, 3.63) is 27.2 Å². The molecule has 0 amide bonds. The van der Waals surface area contributed by atoms with Crippen LogP contribution in [0.25, 0.3) is 0 Å². The van der Waals surface area contributed by atoms with Crippen molar-refractivity contribution in [3.8, 4) is 5.75 Å². The Balaban J connectivity index is 3.32. The summed E-state index contributed by atoms with van der Waals surface area (Å²) < 4.78 is 0.679. The van der Waals surface area contributed by atoms with Crippen LogP contribution in [-0.2, 0) is 0 Å². The van der Waals surface area contributed by atoms with Gasteiger partial charge in [0, 0.05) is 9.89 Å². The van der Waals surface area contributed by atoms with E-state index in [-0.39, 0.29) is 22.1 Å². The van der Waals surface area contributed by atoms with E-state index in [0.29, 0.717) is 4.47 Å². The first-order valence-electron chi connectivity index (χ1n) is 4.46. The summed E-state index contributed by atoms with van der Waals surface area (Å²) in [5.41, 5.74) is -0.288. The van der Waals surface area contributed by atoms with Crippen molar-refractivity contribution in [2.45, 2.75) is 20.8 Å². The van der Waals surface area contributed by atoms with Crippen LogP contribution in [0.5, 0.6) is 5.75 Å². The topological polar surface area (TPSA) is 37.3 Å². The third-order valence-electron chi connectivity index (χ3n) is 1.95. The van der Waals surface area contributed by atoms with Crippen molar-refractivity contribution in [2.24, 2.45) is 5.41 Å². The molecule has 2 nitrogen and oxygen atoms in total. The highest BCUT2D eigenvalue weighted by Crippen LogP contribution is 2.34. The lowest BCUT2D eigenvalue weighted by Crippen LogP contribution is -2.20. The molecule has 0 heterocycles. The van der Waals surface area contributed by atoms with E-state index in [9.17, 15) is 9.90 Å². The summed E-state index contributed by atoms with van der Waals surface area (Å²) in [5, 5.41) is 9.86. The number of carbonyl (C=O) groups excluding carboxylic acids is 1. The second-order valence-electron chi connectivity index (χ2n) is 4.36. The standard InChI is InChI=1S/C11H12BrClO2/c1-11(2,3)10(15)7-4-6(12)5-8(13)9(7)14/h4-5,14H,1-3H3. The molecule has 0 fully saturated rings. The van der Waals surface area contributed by atoms with Gasteiger partial charge in [-0.25, -0.2) is 0 Å². The molecule has 0 radical (unpaired) electrons. The number of Topliss-reactive ketones (excluding diaryl/α,β-unsaturated/α-hetero) is 1. The van der Waals surface area contributed by atoms with Crippen molar-refractivity contribution in [1.29, 1.82) is 0 Å². The van der Waals surface area contributed by atoms with Crippen molar-refractivity contribution < 1.29 is 9.90 Å². The number of aromatic hydroxyl groups is 1. The average molecular weight is 292 g/mol. The molecule has 4 heteroatoms. The number of halogens is 2. The van der Waals surface area contributed by atoms with Crippen molar-refractivity contribution >= 4 is 33.3 Å². The van der Waals surface area contributed by atoms with Gasteiger partial charge in [-0.3, -0.25) is 4.79 Å². The number of phenolic OH excluding ortho intramolecular Hbond substituents is 1. The Hall–Kier alpha value is -0.540. The fourth-order valence-corrected chi connectivity index (χ4v) is 1.95. The van der Waals surface area contributed by atoms with Crippen LogP contribution < -0.4 is 0 Å². The molecule has 1 rings (SSSR count). The molecule has 0 bridgehead atoms. The van der Waals surface area contributed by atoms with E-state index in [4.69, 9.17) is 11.6 Å². The summed E-state index contributed by atoms with van der Waals surface area (Å²) in [6.45, 7) is 5.39. The van der Waals surface area contributed by atoms with Gasteiger partial charge in [0.05, 0.1) is 10.6 Å². The third-order valence-corrected chi connectivity index (χ3v) is 2.70. The lowest BCUT2D eigenvalue weighted by molar-refractivity contribution is 0.0855. The summed E-state index contributed by atoms with van der Waals surface area (Å²) in [6.07, 6.45) is 0. The van der Waals surface area contributed by atoms with Crippen LogP contribution in [-0.4, -0.2) is 10.9 Å². The number of hydrogen-bond donors (Lipinski definition) is 1. The molecular formula is C11H12BrClO2. The third kappa shape index (κ3) is 2.73. The van der Waals surface area contributed by atoms with Crippen molar-refractivity contribution in [1.82, 2.24) is 0 Å². The highest BCUT2D eigenvalue weighted by Gasteiger charge is 2.26.